The molecule has 0 unspecified atom stereocenters. The summed E-state index contributed by atoms with van der Waals surface area (Å²) >= 11 is 0. The largest absolute Gasteiger partial charge is 0.493 e. The van der Waals surface area contributed by atoms with Crippen molar-refractivity contribution in [2.75, 3.05) is 39.3 Å². The zero-order valence-electron chi connectivity index (χ0n) is 14.9. The van der Waals surface area contributed by atoms with Crippen LogP contribution in [0.3, 0.4) is 0 Å². The van der Waals surface area contributed by atoms with Crippen LogP contribution in [-0.2, 0) is 0 Å². The van der Waals surface area contributed by atoms with Crippen molar-refractivity contribution in [2.24, 2.45) is 0 Å². The first-order valence-electron chi connectivity index (χ1n) is 8.37. The highest BCUT2D eigenvalue weighted by molar-refractivity contribution is 6.09. The molecule has 25 heavy (non-hydrogen) atoms. The van der Waals surface area contributed by atoms with Crippen LogP contribution in [0.25, 0.3) is 0 Å². The van der Waals surface area contributed by atoms with Crippen molar-refractivity contribution >= 4 is 11.5 Å². The highest BCUT2D eigenvalue weighted by Gasteiger charge is 2.19. The van der Waals surface area contributed by atoms with Gasteiger partial charge in [-0.2, -0.15) is 0 Å². The summed E-state index contributed by atoms with van der Waals surface area (Å²) in [6.45, 7) is 2.17. The average Bonchev–Trinajstić information content (AvgIpc) is 3.21. The van der Waals surface area contributed by atoms with Crippen LogP contribution in [0.15, 0.2) is 36.4 Å². The third kappa shape index (κ3) is 3.40. The molecule has 5 nitrogen and oxygen atoms in total. The first-order valence-corrected chi connectivity index (χ1v) is 8.37. The normalized spacial score (nSPS) is 13.6. The minimum absolute atomic E-state index is 0.0766. The molecule has 0 saturated carbocycles. The predicted octanol–water partition coefficient (Wildman–Crippen LogP) is 3.54. The van der Waals surface area contributed by atoms with Crippen LogP contribution in [0.2, 0.25) is 0 Å². The second-order valence-electron chi connectivity index (χ2n) is 5.98. The standard InChI is InChI=1S/C20H23NO4/c1-23-17-12-15(13-18(24-2)20(17)25-3)19(22)14-6-8-16(9-7-14)21-10-4-5-11-21/h6-9,12-13H,4-5,10-11H2,1-3H3. The number of benzene rings is 2. The van der Waals surface area contributed by atoms with E-state index in [9.17, 15) is 4.79 Å². The smallest absolute Gasteiger partial charge is 0.203 e. The van der Waals surface area contributed by atoms with E-state index in [1.807, 2.05) is 24.3 Å². The minimum Gasteiger partial charge on any atom is -0.493 e. The molecule has 1 heterocycles. The molecule has 0 bridgehead atoms. The lowest BCUT2D eigenvalue weighted by atomic mass is 10.0. The highest BCUT2D eigenvalue weighted by Crippen LogP contribution is 2.38. The van der Waals surface area contributed by atoms with E-state index in [-0.39, 0.29) is 5.78 Å². The summed E-state index contributed by atoms with van der Waals surface area (Å²) in [6.07, 6.45) is 2.46. The molecule has 0 atom stereocenters. The molecule has 132 valence electrons. The lowest BCUT2D eigenvalue weighted by Crippen LogP contribution is -2.17. The Labute approximate surface area is 148 Å². The molecular weight excluding hydrogens is 318 g/mol. The molecule has 5 heteroatoms. The predicted molar refractivity (Wildman–Crippen MR) is 97.4 cm³/mol. The Balaban J connectivity index is 1.89. The van der Waals surface area contributed by atoms with Crippen molar-refractivity contribution in [3.8, 4) is 17.2 Å². The molecule has 1 fully saturated rings. The van der Waals surface area contributed by atoms with Crippen LogP contribution < -0.4 is 19.1 Å². The SMILES string of the molecule is COc1cc(C(=O)c2ccc(N3CCCC3)cc2)cc(OC)c1OC. The van der Waals surface area contributed by atoms with Crippen LogP contribution in [0.1, 0.15) is 28.8 Å². The Kier molecular flexibility index (Phi) is 5.12. The number of ether oxygens (including phenoxy) is 3. The summed E-state index contributed by atoms with van der Waals surface area (Å²) < 4.78 is 16.0. The molecule has 1 saturated heterocycles. The van der Waals surface area contributed by atoms with E-state index >= 15 is 0 Å². The number of hydrogen-bond donors (Lipinski definition) is 0. The van der Waals surface area contributed by atoms with Crippen molar-refractivity contribution in [1.82, 2.24) is 0 Å². The molecule has 0 aliphatic carbocycles. The summed E-state index contributed by atoms with van der Waals surface area (Å²) in [6, 6.07) is 11.1. The van der Waals surface area contributed by atoms with Crippen molar-refractivity contribution in [2.45, 2.75) is 12.8 Å². The summed E-state index contributed by atoms with van der Waals surface area (Å²) in [7, 11) is 4.62. The zero-order valence-corrected chi connectivity index (χ0v) is 14.9. The van der Waals surface area contributed by atoms with Gasteiger partial charge in [0.2, 0.25) is 5.75 Å². The molecule has 2 aromatic rings. The summed E-state index contributed by atoms with van der Waals surface area (Å²) in [5, 5.41) is 0. The Morgan fingerprint density at radius 3 is 1.88 bits per heavy atom. The van der Waals surface area contributed by atoms with Gasteiger partial charge in [0.05, 0.1) is 21.3 Å². The fourth-order valence-electron chi connectivity index (χ4n) is 3.18. The van der Waals surface area contributed by atoms with Crippen LogP contribution in [0.5, 0.6) is 17.2 Å². The molecule has 0 spiro atoms. The van der Waals surface area contributed by atoms with Gasteiger partial charge in [-0.15, -0.1) is 0 Å². The van der Waals surface area contributed by atoms with Gasteiger partial charge in [-0.05, 0) is 49.2 Å². The number of methoxy groups -OCH3 is 3. The number of rotatable bonds is 6. The molecule has 0 N–H and O–H groups in total. The maximum Gasteiger partial charge on any atom is 0.203 e. The molecule has 1 aliphatic rings. The molecule has 0 aromatic heterocycles. The van der Waals surface area contributed by atoms with Gasteiger partial charge in [0.1, 0.15) is 0 Å². The summed E-state index contributed by atoms with van der Waals surface area (Å²) in [4.78, 5) is 15.2. The molecule has 3 rings (SSSR count). The van der Waals surface area contributed by atoms with Gasteiger partial charge < -0.3 is 19.1 Å². The van der Waals surface area contributed by atoms with Gasteiger partial charge in [0.15, 0.2) is 17.3 Å². The number of anilines is 1. The Hall–Kier alpha value is -2.69. The second-order valence-corrected chi connectivity index (χ2v) is 5.98. The number of hydrogen-bond acceptors (Lipinski definition) is 5. The highest BCUT2D eigenvalue weighted by atomic mass is 16.5. The fourth-order valence-corrected chi connectivity index (χ4v) is 3.18. The minimum atomic E-state index is -0.0766. The Morgan fingerprint density at radius 1 is 0.840 bits per heavy atom. The second kappa shape index (κ2) is 7.47. The van der Waals surface area contributed by atoms with Gasteiger partial charge in [-0.25, -0.2) is 0 Å². The van der Waals surface area contributed by atoms with Crippen molar-refractivity contribution in [3.05, 3.63) is 47.5 Å². The number of carbonyl (C=O) groups is 1. The molecule has 1 aliphatic heterocycles. The maximum absolute atomic E-state index is 12.8. The van der Waals surface area contributed by atoms with E-state index in [0.717, 1.165) is 13.1 Å². The average molecular weight is 341 g/mol. The van der Waals surface area contributed by atoms with E-state index < -0.39 is 0 Å². The van der Waals surface area contributed by atoms with Gasteiger partial charge in [-0.1, -0.05) is 0 Å². The van der Waals surface area contributed by atoms with Crippen LogP contribution in [0, 0.1) is 0 Å². The van der Waals surface area contributed by atoms with Crippen molar-refractivity contribution in [3.63, 3.8) is 0 Å². The van der Waals surface area contributed by atoms with Crippen LogP contribution in [-0.4, -0.2) is 40.2 Å². The van der Waals surface area contributed by atoms with Gasteiger partial charge in [0, 0.05) is 29.9 Å². The van der Waals surface area contributed by atoms with E-state index in [4.69, 9.17) is 14.2 Å². The maximum atomic E-state index is 12.8. The van der Waals surface area contributed by atoms with Crippen molar-refractivity contribution in [1.29, 1.82) is 0 Å². The van der Waals surface area contributed by atoms with Crippen LogP contribution >= 0.6 is 0 Å². The van der Waals surface area contributed by atoms with Gasteiger partial charge in [-0.3, -0.25) is 4.79 Å². The Bertz CT molecular complexity index is 724. The molecule has 0 radical (unpaired) electrons. The first kappa shape index (κ1) is 17.1. The number of carbonyl (C=O) groups excluding carboxylic acids is 1. The van der Waals surface area contributed by atoms with E-state index in [2.05, 4.69) is 4.90 Å². The van der Waals surface area contributed by atoms with E-state index in [0.29, 0.717) is 28.4 Å². The summed E-state index contributed by atoms with van der Waals surface area (Å²) in [5.74, 6) is 1.34. The van der Waals surface area contributed by atoms with Crippen molar-refractivity contribution < 1.29 is 19.0 Å². The molecule has 0 amide bonds. The fraction of sp³-hybridized carbons (Fsp3) is 0.350. The molecular formula is C20H23NO4. The van der Waals surface area contributed by atoms with Gasteiger partial charge >= 0.3 is 0 Å². The van der Waals surface area contributed by atoms with E-state index in [1.165, 1.54) is 32.7 Å². The third-order valence-corrected chi connectivity index (χ3v) is 4.53. The lowest BCUT2D eigenvalue weighted by molar-refractivity contribution is 0.103. The third-order valence-electron chi connectivity index (χ3n) is 4.53. The van der Waals surface area contributed by atoms with Crippen LogP contribution in [0.4, 0.5) is 5.69 Å². The lowest BCUT2D eigenvalue weighted by Gasteiger charge is -2.17. The topological polar surface area (TPSA) is 48.0 Å². The number of ketones is 1. The molecule has 2 aromatic carbocycles. The number of nitrogens with zero attached hydrogens (tertiary/aromatic N) is 1. The van der Waals surface area contributed by atoms with Gasteiger partial charge in [0.25, 0.3) is 0 Å². The zero-order chi connectivity index (χ0) is 17.8. The van der Waals surface area contributed by atoms with E-state index in [1.54, 1.807) is 19.2 Å². The first-order chi connectivity index (χ1) is 12.2. The Morgan fingerprint density at radius 2 is 1.40 bits per heavy atom. The quantitative estimate of drug-likeness (QED) is 0.752. The summed E-state index contributed by atoms with van der Waals surface area (Å²) in [5.41, 5.74) is 2.31. The monoisotopic (exact) mass is 341 g/mol.